The van der Waals surface area contributed by atoms with Crippen LogP contribution in [0.15, 0.2) is 28.9 Å². The largest absolute Gasteiger partial charge is 0.465 e. The topological polar surface area (TPSA) is 91.5 Å². The number of anilines is 2. The van der Waals surface area contributed by atoms with E-state index in [1.165, 1.54) is 4.90 Å². The van der Waals surface area contributed by atoms with E-state index < -0.39 is 6.09 Å². The predicted molar refractivity (Wildman–Crippen MR) is 85.5 cm³/mol. The van der Waals surface area contributed by atoms with Crippen molar-refractivity contribution in [2.45, 2.75) is 12.5 Å². The summed E-state index contributed by atoms with van der Waals surface area (Å²) < 4.78 is 0.948. The fourth-order valence-corrected chi connectivity index (χ4v) is 2.96. The van der Waals surface area contributed by atoms with Gasteiger partial charge in [0.15, 0.2) is 0 Å². The highest BCUT2D eigenvalue weighted by molar-refractivity contribution is 9.10. The lowest BCUT2D eigenvalue weighted by Gasteiger charge is -2.18. The maximum Gasteiger partial charge on any atom is 0.407 e. The van der Waals surface area contributed by atoms with Crippen molar-refractivity contribution in [3.63, 3.8) is 0 Å². The number of nitrogens with one attached hydrogen (secondary N) is 1. The van der Waals surface area contributed by atoms with Crippen molar-refractivity contribution in [3.05, 3.63) is 28.9 Å². The maximum absolute atomic E-state index is 11.0. The number of hydrogen-bond donors (Lipinski definition) is 3. The lowest BCUT2D eigenvalue weighted by atomic mass is 10.1. The van der Waals surface area contributed by atoms with Gasteiger partial charge in [0.2, 0.25) is 0 Å². The van der Waals surface area contributed by atoms with Crippen LogP contribution in [-0.2, 0) is 0 Å². The van der Waals surface area contributed by atoms with Crippen LogP contribution < -0.4 is 11.1 Å². The van der Waals surface area contributed by atoms with Crippen LogP contribution in [0.3, 0.4) is 0 Å². The minimum atomic E-state index is -0.880. The number of likely N-dealkylation sites (tertiary alicyclic amines) is 1. The summed E-state index contributed by atoms with van der Waals surface area (Å²) in [6.45, 7) is 1.01. The highest BCUT2D eigenvalue weighted by Crippen LogP contribution is 2.31. The number of carbonyl (C=O) groups is 1. The van der Waals surface area contributed by atoms with Gasteiger partial charge in [0.05, 0.1) is 23.1 Å². The van der Waals surface area contributed by atoms with Gasteiger partial charge in [-0.2, -0.15) is 0 Å². The predicted octanol–water partition coefficient (Wildman–Crippen LogP) is 2.74. The molecule has 1 saturated heterocycles. The van der Waals surface area contributed by atoms with Crippen molar-refractivity contribution in [1.82, 2.24) is 9.88 Å². The van der Waals surface area contributed by atoms with Gasteiger partial charge < -0.3 is 21.1 Å². The Kier molecular flexibility index (Phi) is 3.59. The molecule has 2 heterocycles. The smallest absolute Gasteiger partial charge is 0.407 e. The number of nitrogen functional groups attached to an aromatic ring is 1. The number of amides is 1. The number of nitrogens with zero attached hydrogens (tertiary/aromatic N) is 2. The number of rotatable bonds is 2. The molecular formula is C14H15BrN4O2. The van der Waals surface area contributed by atoms with E-state index in [1.54, 1.807) is 6.20 Å². The van der Waals surface area contributed by atoms with E-state index in [4.69, 9.17) is 10.8 Å². The van der Waals surface area contributed by atoms with Gasteiger partial charge in [-0.3, -0.25) is 4.98 Å². The van der Waals surface area contributed by atoms with Gasteiger partial charge in [0.1, 0.15) is 0 Å². The number of nitrogens with two attached hydrogens (primary N) is 1. The molecule has 4 N–H and O–H groups in total. The Bertz CT molecular complexity index is 701. The molecule has 1 amide bonds. The Morgan fingerprint density at radius 2 is 2.33 bits per heavy atom. The van der Waals surface area contributed by atoms with E-state index in [-0.39, 0.29) is 6.04 Å². The molecule has 1 atom stereocenters. The van der Waals surface area contributed by atoms with Crippen LogP contribution >= 0.6 is 15.9 Å². The third-order valence-corrected chi connectivity index (χ3v) is 4.16. The fraction of sp³-hybridized carbons (Fsp3) is 0.286. The highest BCUT2D eigenvalue weighted by atomic mass is 79.9. The molecule has 1 fully saturated rings. The summed E-state index contributed by atoms with van der Waals surface area (Å²) >= 11 is 3.45. The highest BCUT2D eigenvalue weighted by Gasteiger charge is 2.26. The van der Waals surface area contributed by atoms with E-state index in [2.05, 4.69) is 26.2 Å². The minimum absolute atomic E-state index is 0.0629. The first-order chi connectivity index (χ1) is 10.0. The molecular weight excluding hydrogens is 336 g/mol. The van der Waals surface area contributed by atoms with E-state index in [1.807, 2.05) is 18.2 Å². The number of fused-ring (bicyclic) bond motifs is 1. The number of benzene rings is 1. The van der Waals surface area contributed by atoms with E-state index in [0.717, 1.165) is 27.5 Å². The van der Waals surface area contributed by atoms with Crippen molar-refractivity contribution in [3.8, 4) is 0 Å². The summed E-state index contributed by atoms with van der Waals surface area (Å²) in [6.07, 6.45) is 1.51. The number of hydrogen-bond acceptors (Lipinski definition) is 4. The fourth-order valence-electron chi connectivity index (χ4n) is 2.60. The summed E-state index contributed by atoms with van der Waals surface area (Å²) in [7, 11) is 0. The monoisotopic (exact) mass is 350 g/mol. The molecule has 1 aromatic carbocycles. The van der Waals surface area contributed by atoms with Crippen molar-refractivity contribution in [2.75, 3.05) is 24.1 Å². The molecule has 0 radical (unpaired) electrons. The van der Waals surface area contributed by atoms with Crippen LogP contribution in [-0.4, -0.2) is 40.2 Å². The first-order valence-corrected chi connectivity index (χ1v) is 7.42. The molecule has 0 saturated carbocycles. The second-order valence-electron chi connectivity index (χ2n) is 5.11. The summed E-state index contributed by atoms with van der Waals surface area (Å²) in [5.74, 6) is 0. The summed E-state index contributed by atoms with van der Waals surface area (Å²) in [5.41, 5.74) is 8.27. The Labute approximate surface area is 130 Å². The average molecular weight is 351 g/mol. The lowest BCUT2D eigenvalue weighted by molar-refractivity contribution is 0.155. The van der Waals surface area contributed by atoms with E-state index in [0.29, 0.717) is 18.8 Å². The molecule has 110 valence electrons. The third kappa shape index (κ3) is 2.73. The van der Waals surface area contributed by atoms with Gasteiger partial charge in [-0.1, -0.05) is 15.9 Å². The van der Waals surface area contributed by atoms with Gasteiger partial charge in [-0.15, -0.1) is 0 Å². The Morgan fingerprint density at radius 3 is 3.05 bits per heavy atom. The molecule has 2 aromatic rings. The van der Waals surface area contributed by atoms with Crippen molar-refractivity contribution >= 4 is 44.3 Å². The van der Waals surface area contributed by atoms with Gasteiger partial charge in [0, 0.05) is 29.0 Å². The second-order valence-corrected chi connectivity index (χ2v) is 6.02. The molecule has 1 unspecified atom stereocenters. The summed E-state index contributed by atoms with van der Waals surface area (Å²) in [5, 5.41) is 13.3. The van der Waals surface area contributed by atoms with Crippen molar-refractivity contribution in [1.29, 1.82) is 0 Å². The van der Waals surface area contributed by atoms with Crippen LogP contribution in [0.5, 0.6) is 0 Å². The normalized spacial score (nSPS) is 18.1. The average Bonchev–Trinajstić information content (AvgIpc) is 2.91. The molecule has 0 spiro atoms. The number of aromatic nitrogens is 1. The zero-order valence-corrected chi connectivity index (χ0v) is 12.8. The van der Waals surface area contributed by atoms with Crippen LogP contribution in [0.4, 0.5) is 16.2 Å². The van der Waals surface area contributed by atoms with Gasteiger partial charge in [-0.05, 0) is 24.6 Å². The molecule has 0 aliphatic carbocycles. The first-order valence-electron chi connectivity index (χ1n) is 6.63. The minimum Gasteiger partial charge on any atom is -0.465 e. The quantitative estimate of drug-likeness (QED) is 0.774. The molecule has 21 heavy (non-hydrogen) atoms. The summed E-state index contributed by atoms with van der Waals surface area (Å²) in [6, 6.07) is 5.87. The van der Waals surface area contributed by atoms with Crippen LogP contribution in [0.2, 0.25) is 0 Å². The second kappa shape index (κ2) is 5.40. The van der Waals surface area contributed by atoms with Gasteiger partial charge in [0.25, 0.3) is 0 Å². The lowest BCUT2D eigenvalue weighted by Crippen LogP contribution is -2.30. The Hall–Kier alpha value is -2.02. The van der Waals surface area contributed by atoms with Gasteiger partial charge in [-0.25, -0.2) is 4.79 Å². The molecule has 3 rings (SSSR count). The first kappa shape index (κ1) is 13.9. The maximum atomic E-state index is 11.0. The number of pyridine rings is 1. The van der Waals surface area contributed by atoms with Crippen molar-refractivity contribution < 1.29 is 9.90 Å². The van der Waals surface area contributed by atoms with Crippen LogP contribution in [0, 0.1) is 0 Å². The SMILES string of the molecule is Nc1cnc2ccc(Br)cc2c1NC1CCN(C(=O)O)C1. The molecule has 6 nitrogen and oxygen atoms in total. The van der Waals surface area contributed by atoms with E-state index >= 15 is 0 Å². The summed E-state index contributed by atoms with van der Waals surface area (Å²) in [4.78, 5) is 16.7. The Morgan fingerprint density at radius 1 is 1.52 bits per heavy atom. The number of halogens is 1. The molecule has 1 aliphatic heterocycles. The molecule has 0 bridgehead atoms. The molecule has 7 heteroatoms. The molecule has 1 aromatic heterocycles. The van der Waals surface area contributed by atoms with Crippen LogP contribution in [0.25, 0.3) is 10.9 Å². The van der Waals surface area contributed by atoms with Crippen LogP contribution in [0.1, 0.15) is 6.42 Å². The third-order valence-electron chi connectivity index (χ3n) is 3.67. The standard InChI is InChI=1S/C14H15BrN4O2/c15-8-1-2-12-10(5-8)13(11(16)6-17-12)18-9-3-4-19(7-9)14(20)21/h1-2,5-6,9H,3-4,7,16H2,(H,17,18)(H,20,21). The zero-order chi connectivity index (χ0) is 15.0. The van der Waals surface area contributed by atoms with Gasteiger partial charge >= 0.3 is 6.09 Å². The Balaban J connectivity index is 1.92. The molecule has 1 aliphatic rings. The number of carboxylic acid groups (broad SMARTS) is 1. The van der Waals surface area contributed by atoms with E-state index in [9.17, 15) is 4.79 Å². The van der Waals surface area contributed by atoms with Crippen molar-refractivity contribution in [2.24, 2.45) is 0 Å². The zero-order valence-electron chi connectivity index (χ0n) is 11.2.